The maximum Gasteiger partial charge on any atom is 0.312 e. The summed E-state index contributed by atoms with van der Waals surface area (Å²) in [4.78, 5) is -0.832. The van der Waals surface area contributed by atoms with Gasteiger partial charge in [0.1, 0.15) is 11.9 Å². The average Bonchev–Trinajstić information content (AvgIpc) is 2.67. The van der Waals surface area contributed by atoms with Gasteiger partial charge in [-0.1, -0.05) is 6.92 Å². The molecule has 3 rings (SSSR count). The van der Waals surface area contributed by atoms with Crippen LogP contribution in [0.25, 0.3) is 0 Å². The molecule has 2 aliphatic carbocycles. The van der Waals surface area contributed by atoms with Gasteiger partial charge in [-0.2, -0.15) is 8.78 Å². The van der Waals surface area contributed by atoms with Crippen molar-refractivity contribution < 1.29 is 35.8 Å². The van der Waals surface area contributed by atoms with Gasteiger partial charge in [0.05, 0.1) is 11.0 Å². The molecular weight excluding hydrogens is 352 g/mol. The van der Waals surface area contributed by atoms with Crippen molar-refractivity contribution in [1.82, 2.24) is 0 Å². The van der Waals surface area contributed by atoms with Crippen molar-refractivity contribution in [3.63, 3.8) is 0 Å². The van der Waals surface area contributed by atoms with Crippen LogP contribution in [0.15, 0.2) is 17.0 Å². The first-order valence-electron chi connectivity index (χ1n) is 7.41. The smallest absolute Gasteiger partial charge is 0.312 e. The molecule has 1 aromatic carbocycles. The molecule has 24 heavy (non-hydrogen) atoms. The van der Waals surface area contributed by atoms with E-state index in [9.17, 15) is 31.1 Å². The minimum atomic E-state index is -4.56. The first-order valence-corrected chi connectivity index (χ1v) is 9.07. The molecule has 0 unspecified atom stereocenters. The second-order valence-corrected chi connectivity index (χ2v) is 8.26. The topological polar surface area (TPSA) is 63.6 Å². The Morgan fingerprint density at radius 2 is 1.92 bits per heavy atom. The summed E-state index contributed by atoms with van der Waals surface area (Å²) in [6.07, 6.45) is -4.57. The lowest BCUT2D eigenvalue weighted by Crippen LogP contribution is -2.32. The predicted molar refractivity (Wildman–Crippen MR) is 76.2 cm³/mol. The number of halogens is 4. The van der Waals surface area contributed by atoms with E-state index in [4.69, 9.17) is 4.74 Å². The minimum absolute atomic E-state index is 0.233. The van der Waals surface area contributed by atoms with Crippen LogP contribution in [0, 0.1) is 5.92 Å². The van der Waals surface area contributed by atoms with Crippen molar-refractivity contribution in [1.29, 1.82) is 0 Å². The Bertz CT molecular complexity index is 759. The van der Waals surface area contributed by atoms with Gasteiger partial charge in [-0.3, -0.25) is 0 Å². The fourth-order valence-corrected chi connectivity index (χ4v) is 4.15. The number of fused-ring (bicyclic) bond motifs is 1. The lowest BCUT2D eigenvalue weighted by Gasteiger charge is -2.33. The number of hydrogen-bond donors (Lipinski definition) is 1. The third-order valence-electron chi connectivity index (χ3n) is 4.54. The molecule has 9 heteroatoms. The molecule has 0 heterocycles. The zero-order chi connectivity index (χ0) is 17.9. The third kappa shape index (κ3) is 2.48. The molecule has 2 aliphatic rings. The number of ether oxygens (including phenoxy) is 1. The fourth-order valence-electron chi connectivity index (χ4n) is 3.20. The summed E-state index contributed by atoms with van der Waals surface area (Å²) in [6.45, 7) is 1.97. The summed E-state index contributed by atoms with van der Waals surface area (Å²) in [5.74, 6) is -4.05. The number of sulfone groups is 1. The normalized spacial score (nSPS) is 31.4. The van der Waals surface area contributed by atoms with E-state index in [1.807, 2.05) is 6.92 Å². The molecule has 1 fully saturated rings. The SMILES string of the molecule is CC1CC(Oc2ccc(S(=O)(=O)CF)c3c2[C@@H](F)C(F)(F)[C@H]3O)C1. The Morgan fingerprint density at radius 3 is 2.46 bits per heavy atom. The molecule has 1 N–H and O–H groups in total. The van der Waals surface area contributed by atoms with E-state index in [0.717, 1.165) is 12.1 Å². The van der Waals surface area contributed by atoms with Crippen LogP contribution < -0.4 is 4.74 Å². The number of alkyl halides is 4. The van der Waals surface area contributed by atoms with Crippen LogP contribution in [0.2, 0.25) is 0 Å². The summed E-state index contributed by atoms with van der Waals surface area (Å²) in [5.41, 5.74) is -1.52. The maximum atomic E-state index is 14.2. The molecule has 0 aliphatic heterocycles. The van der Waals surface area contributed by atoms with E-state index in [1.165, 1.54) is 0 Å². The monoisotopic (exact) mass is 368 g/mol. The van der Waals surface area contributed by atoms with E-state index in [1.54, 1.807) is 0 Å². The van der Waals surface area contributed by atoms with Gasteiger partial charge in [0.2, 0.25) is 9.84 Å². The lowest BCUT2D eigenvalue weighted by atomic mass is 9.84. The highest BCUT2D eigenvalue weighted by Gasteiger charge is 2.59. The van der Waals surface area contributed by atoms with Gasteiger partial charge in [0, 0.05) is 11.1 Å². The van der Waals surface area contributed by atoms with Gasteiger partial charge >= 0.3 is 5.92 Å². The molecular formula is C15H16F4O4S. The van der Waals surface area contributed by atoms with Crippen molar-refractivity contribution in [3.05, 3.63) is 23.3 Å². The van der Waals surface area contributed by atoms with E-state index >= 15 is 0 Å². The molecule has 1 aromatic rings. The van der Waals surface area contributed by atoms with E-state index < -0.39 is 50.1 Å². The van der Waals surface area contributed by atoms with Gasteiger partial charge in [-0.05, 0) is 30.9 Å². The Morgan fingerprint density at radius 1 is 1.29 bits per heavy atom. The van der Waals surface area contributed by atoms with Crippen molar-refractivity contribution in [3.8, 4) is 5.75 Å². The zero-order valence-corrected chi connectivity index (χ0v) is 13.5. The second-order valence-electron chi connectivity index (χ2n) is 6.37. The summed E-state index contributed by atoms with van der Waals surface area (Å²) in [6, 6.07) is 0.0859. The molecule has 0 radical (unpaired) electrons. The van der Waals surface area contributed by atoms with Crippen LogP contribution in [-0.2, 0) is 9.84 Å². The predicted octanol–water partition coefficient (Wildman–Crippen LogP) is 3.26. The van der Waals surface area contributed by atoms with Gasteiger partial charge in [0.25, 0.3) is 0 Å². The highest BCUT2D eigenvalue weighted by Crippen LogP contribution is 2.57. The molecule has 4 nitrogen and oxygen atoms in total. The molecule has 0 saturated heterocycles. The van der Waals surface area contributed by atoms with Gasteiger partial charge < -0.3 is 9.84 Å². The standard InChI is InChI=1S/C15H16F4O4S/c1-7-4-8(5-7)23-9-2-3-10(24(21,22)6-16)12-11(9)13(17)15(18,19)14(12)20/h2-3,7-8,13-14,20H,4-6H2,1H3/t7?,8?,13-,14+/m1/s1. The largest absolute Gasteiger partial charge is 0.490 e. The molecule has 2 atom stereocenters. The Hall–Kier alpha value is -1.35. The molecule has 0 bridgehead atoms. The summed E-state index contributed by atoms with van der Waals surface area (Å²) < 4.78 is 83.9. The summed E-state index contributed by atoms with van der Waals surface area (Å²) in [7, 11) is -4.56. The average molecular weight is 368 g/mol. The van der Waals surface area contributed by atoms with E-state index in [0.29, 0.717) is 18.8 Å². The molecule has 0 aromatic heterocycles. The van der Waals surface area contributed by atoms with Crippen molar-refractivity contribution in [2.75, 3.05) is 6.01 Å². The second kappa shape index (κ2) is 5.59. The summed E-state index contributed by atoms with van der Waals surface area (Å²) >= 11 is 0. The number of hydrogen-bond acceptors (Lipinski definition) is 4. The third-order valence-corrected chi connectivity index (χ3v) is 5.85. The minimum Gasteiger partial charge on any atom is -0.490 e. The molecule has 1 saturated carbocycles. The van der Waals surface area contributed by atoms with Crippen LogP contribution in [0.1, 0.15) is 43.2 Å². The van der Waals surface area contributed by atoms with Crippen LogP contribution in [-0.4, -0.2) is 31.6 Å². The Kier molecular flexibility index (Phi) is 4.07. The van der Waals surface area contributed by atoms with Crippen molar-refractivity contribution >= 4 is 9.84 Å². The van der Waals surface area contributed by atoms with Gasteiger partial charge in [-0.15, -0.1) is 0 Å². The maximum absolute atomic E-state index is 14.2. The van der Waals surface area contributed by atoms with Crippen molar-refractivity contribution in [2.24, 2.45) is 5.92 Å². The van der Waals surface area contributed by atoms with E-state index in [-0.39, 0.29) is 11.9 Å². The fraction of sp³-hybridized carbons (Fsp3) is 0.600. The van der Waals surface area contributed by atoms with Crippen LogP contribution >= 0.6 is 0 Å². The van der Waals surface area contributed by atoms with Crippen molar-refractivity contribution in [2.45, 2.75) is 49.0 Å². The number of benzene rings is 1. The molecule has 0 spiro atoms. The lowest BCUT2D eigenvalue weighted by molar-refractivity contribution is -0.144. The van der Waals surface area contributed by atoms with Crippen LogP contribution in [0.5, 0.6) is 5.75 Å². The first kappa shape index (κ1) is 17.5. The summed E-state index contributed by atoms with van der Waals surface area (Å²) in [5, 5.41) is 9.76. The number of rotatable bonds is 4. The molecule has 0 amide bonds. The highest BCUT2D eigenvalue weighted by molar-refractivity contribution is 7.91. The first-order chi connectivity index (χ1) is 11.1. The highest BCUT2D eigenvalue weighted by atomic mass is 32.2. The van der Waals surface area contributed by atoms with Gasteiger partial charge in [-0.25, -0.2) is 17.2 Å². The quantitative estimate of drug-likeness (QED) is 0.829. The Balaban J connectivity index is 2.13. The van der Waals surface area contributed by atoms with Crippen LogP contribution in [0.4, 0.5) is 17.6 Å². The zero-order valence-electron chi connectivity index (χ0n) is 12.7. The van der Waals surface area contributed by atoms with E-state index in [2.05, 4.69) is 0 Å². The number of aliphatic hydroxyl groups is 1. The van der Waals surface area contributed by atoms with Crippen LogP contribution in [0.3, 0.4) is 0 Å². The van der Waals surface area contributed by atoms with Gasteiger partial charge in [0.15, 0.2) is 12.2 Å². The Labute approximate surface area is 136 Å². The molecule has 134 valence electrons. The number of aliphatic hydroxyl groups excluding tert-OH is 1.